The zero-order valence-electron chi connectivity index (χ0n) is 14.8. The highest BCUT2D eigenvalue weighted by molar-refractivity contribution is 7.80. The molecule has 0 heterocycles. The third-order valence-electron chi connectivity index (χ3n) is 5.43. The number of halogens is 7. The predicted molar refractivity (Wildman–Crippen MR) is 95.0 cm³/mol. The number of hydrogen-bond donors (Lipinski definition) is 1. The molecule has 152 valence electrons. The van der Waals surface area contributed by atoms with Crippen LogP contribution in [0, 0.1) is 29.6 Å². The fourth-order valence-electron chi connectivity index (χ4n) is 4.01. The smallest absolute Gasteiger partial charge is 0.242 e. The molecule has 0 amide bonds. The predicted octanol–water partition coefficient (Wildman–Crippen LogP) is 6.50. The first-order chi connectivity index (χ1) is 13.0. The first kappa shape index (κ1) is 21.1. The van der Waals surface area contributed by atoms with Crippen molar-refractivity contribution < 1.29 is 30.7 Å². The van der Waals surface area contributed by atoms with Crippen LogP contribution in [0.15, 0.2) is 46.4 Å². The fraction of sp³-hybridized carbons (Fsp3) is 0.500. The average molecular weight is 422 g/mol. The van der Waals surface area contributed by atoms with Gasteiger partial charge in [0.25, 0.3) is 0 Å². The molecular formula is C20H17F7S. The van der Waals surface area contributed by atoms with Gasteiger partial charge in [0.2, 0.25) is 0 Å². The third kappa shape index (κ3) is 4.05. The zero-order valence-corrected chi connectivity index (χ0v) is 15.7. The van der Waals surface area contributed by atoms with E-state index < -0.39 is 53.2 Å². The van der Waals surface area contributed by atoms with Gasteiger partial charge in [-0.1, -0.05) is 12.8 Å². The lowest BCUT2D eigenvalue weighted by atomic mass is 9.69. The summed E-state index contributed by atoms with van der Waals surface area (Å²) < 4.78 is 95.4. The molecule has 0 spiro atoms. The molecule has 5 atom stereocenters. The number of rotatable bonds is 1. The molecule has 3 aliphatic carbocycles. The minimum atomic E-state index is -4.91. The normalized spacial score (nSPS) is 33.7. The molecule has 0 fully saturated rings. The molecule has 0 aromatic carbocycles. The van der Waals surface area contributed by atoms with Gasteiger partial charge in [0.05, 0.1) is 11.5 Å². The molecule has 8 heteroatoms. The minimum Gasteiger partial charge on any atom is -0.242 e. The Balaban J connectivity index is 1.93. The summed E-state index contributed by atoms with van der Waals surface area (Å²) >= 11 is 4.33. The topological polar surface area (TPSA) is 0 Å². The molecule has 0 nitrogen and oxygen atoms in total. The van der Waals surface area contributed by atoms with Crippen molar-refractivity contribution in [1.29, 1.82) is 0 Å². The Morgan fingerprint density at radius 1 is 1.18 bits per heavy atom. The minimum absolute atomic E-state index is 0.00682. The molecule has 3 aliphatic rings. The highest BCUT2D eigenvalue weighted by Crippen LogP contribution is 2.49. The van der Waals surface area contributed by atoms with E-state index in [1.165, 1.54) is 18.9 Å². The van der Waals surface area contributed by atoms with Gasteiger partial charge in [-0.3, -0.25) is 0 Å². The summed E-state index contributed by atoms with van der Waals surface area (Å²) in [5.41, 5.74) is -0.0925. The van der Waals surface area contributed by atoms with E-state index in [0.29, 0.717) is 30.4 Å². The largest absolute Gasteiger partial charge is 0.458 e. The highest BCUT2D eigenvalue weighted by Gasteiger charge is 2.44. The number of thiol groups is 1. The Labute approximate surface area is 163 Å². The monoisotopic (exact) mass is 422 g/mol. The second kappa shape index (κ2) is 7.66. The quantitative estimate of drug-likeness (QED) is 0.279. The molecule has 0 bridgehead atoms. The molecule has 28 heavy (non-hydrogen) atoms. The Hall–Kier alpha value is -1.62. The Kier molecular flexibility index (Phi) is 5.77. The van der Waals surface area contributed by atoms with Crippen LogP contribution < -0.4 is 0 Å². The van der Waals surface area contributed by atoms with Gasteiger partial charge >= 0.3 is 6.18 Å². The van der Waals surface area contributed by atoms with Crippen molar-refractivity contribution in [1.82, 2.24) is 0 Å². The Morgan fingerprint density at radius 3 is 2.50 bits per heavy atom. The standard InChI is InChI=1S/C20H17F7S/c1-9-14(8-15(21)13(18(9)23)4-5-20(25,26)27)17-16(22)7-10-6-11(28)2-3-12(10)19(17)24/h7-9,11,14,17,19,28H,2-3,6H2,1H3. The van der Waals surface area contributed by atoms with Crippen LogP contribution in [0.25, 0.3) is 0 Å². The highest BCUT2D eigenvalue weighted by atomic mass is 32.1. The van der Waals surface area contributed by atoms with Crippen LogP contribution in [0.3, 0.4) is 0 Å². The van der Waals surface area contributed by atoms with Crippen molar-refractivity contribution in [2.24, 2.45) is 17.8 Å². The molecule has 3 rings (SSSR count). The van der Waals surface area contributed by atoms with E-state index in [0.717, 1.165) is 12.0 Å². The summed E-state index contributed by atoms with van der Waals surface area (Å²) in [7, 11) is 0. The summed E-state index contributed by atoms with van der Waals surface area (Å²) in [5.74, 6) is -4.99. The fourth-order valence-corrected chi connectivity index (χ4v) is 4.34. The molecule has 0 aromatic rings. The van der Waals surface area contributed by atoms with Gasteiger partial charge in [-0.15, -0.1) is 0 Å². The maximum Gasteiger partial charge on any atom is 0.458 e. The van der Waals surface area contributed by atoms with E-state index in [-0.39, 0.29) is 5.25 Å². The van der Waals surface area contributed by atoms with Gasteiger partial charge in [0.15, 0.2) is 0 Å². The lowest BCUT2D eigenvalue weighted by molar-refractivity contribution is -0.0696. The van der Waals surface area contributed by atoms with Crippen molar-refractivity contribution >= 4 is 12.6 Å². The van der Waals surface area contributed by atoms with Gasteiger partial charge in [0, 0.05) is 23.0 Å². The van der Waals surface area contributed by atoms with E-state index in [1.54, 1.807) is 0 Å². The third-order valence-corrected chi connectivity index (χ3v) is 5.87. The first-order valence-electron chi connectivity index (χ1n) is 8.78. The molecule has 0 N–H and O–H groups in total. The number of alkyl halides is 4. The summed E-state index contributed by atoms with van der Waals surface area (Å²) in [6.07, 6.45) is -3.28. The van der Waals surface area contributed by atoms with E-state index in [2.05, 4.69) is 12.6 Å². The zero-order chi connectivity index (χ0) is 20.8. The maximum absolute atomic E-state index is 15.1. The first-order valence-corrected chi connectivity index (χ1v) is 9.29. The van der Waals surface area contributed by atoms with Crippen LogP contribution in [-0.4, -0.2) is 17.6 Å². The Morgan fingerprint density at radius 2 is 1.86 bits per heavy atom. The van der Waals surface area contributed by atoms with Crippen molar-refractivity contribution in [3.8, 4) is 11.8 Å². The van der Waals surface area contributed by atoms with Crippen LogP contribution in [0.1, 0.15) is 26.2 Å². The van der Waals surface area contributed by atoms with E-state index in [4.69, 9.17) is 0 Å². The summed E-state index contributed by atoms with van der Waals surface area (Å²) in [6, 6.07) is 0. The lowest BCUT2D eigenvalue weighted by Gasteiger charge is -2.38. The van der Waals surface area contributed by atoms with E-state index in [1.807, 2.05) is 0 Å². The van der Waals surface area contributed by atoms with Crippen LogP contribution in [0.4, 0.5) is 30.7 Å². The summed E-state index contributed by atoms with van der Waals surface area (Å²) in [5, 5.41) is -0.00682. The van der Waals surface area contributed by atoms with E-state index in [9.17, 15) is 26.3 Å². The lowest BCUT2D eigenvalue weighted by Crippen LogP contribution is -2.35. The van der Waals surface area contributed by atoms with Gasteiger partial charge in [-0.25, -0.2) is 17.6 Å². The Bertz CT molecular complexity index is 850. The van der Waals surface area contributed by atoms with Crippen LogP contribution in [0.2, 0.25) is 0 Å². The van der Waals surface area contributed by atoms with Crippen LogP contribution in [0.5, 0.6) is 0 Å². The SMILES string of the molecule is CC1C(F)=C(C#CC(F)(F)F)C(F)=CC1C1C(F)=CC2=C(CCC(S)C2)C1F. The molecule has 5 unspecified atom stereocenters. The summed E-state index contributed by atoms with van der Waals surface area (Å²) in [6.45, 7) is 1.26. The second-order valence-electron chi connectivity index (χ2n) is 7.26. The van der Waals surface area contributed by atoms with Gasteiger partial charge in [-0.2, -0.15) is 25.8 Å². The van der Waals surface area contributed by atoms with Crippen LogP contribution >= 0.6 is 12.6 Å². The van der Waals surface area contributed by atoms with E-state index >= 15 is 4.39 Å². The van der Waals surface area contributed by atoms with Crippen LogP contribution in [-0.2, 0) is 0 Å². The molecule has 0 radical (unpaired) electrons. The van der Waals surface area contributed by atoms with Crippen molar-refractivity contribution in [2.75, 3.05) is 0 Å². The molecular weight excluding hydrogens is 405 g/mol. The van der Waals surface area contributed by atoms with Gasteiger partial charge < -0.3 is 0 Å². The number of hydrogen-bond acceptors (Lipinski definition) is 1. The number of allylic oxidation sites excluding steroid dienone is 8. The summed E-state index contributed by atoms with van der Waals surface area (Å²) in [4.78, 5) is 0. The molecule has 0 saturated carbocycles. The molecule has 0 aromatic heterocycles. The average Bonchev–Trinajstić information content (AvgIpc) is 2.57. The van der Waals surface area contributed by atoms with Gasteiger partial charge in [-0.05, 0) is 42.6 Å². The molecule has 0 aliphatic heterocycles. The maximum atomic E-state index is 15.1. The van der Waals surface area contributed by atoms with Crippen molar-refractivity contribution in [3.05, 3.63) is 46.4 Å². The molecule has 0 saturated heterocycles. The van der Waals surface area contributed by atoms with Gasteiger partial charge in [0.1, 0.15) is 23.7 Å². The van der Waals surface area contributed by atoms with Crippen molar-refractivity contribution in [2.45, 2.75) is 43.8 Å². The van der Waals surface area contributed by atoms with Crippen molar-refractivity contribution in [3.63, 3.8) is 0 Å². The second-order valence-corrected chi connectivity index (χ2v) is 7.99.